The Balaban J connectivity index is 1.84. The molecule has 1 aliphatic heterocycles. The summed E-state index contributed by atoms with van der Waals surface area (Å²) in [5, 5.41) is 3.08. The van der Waals surface area contributed by atoms with Gasteiger partial charge in [-0.25, -0.2) is 8.42 Å². The minimum Gasteiger partial charge on any atom is -0.345 e. The molecule has 3 rings (SSSR count). The number of benzene rings is 2. The number of amides is 1. The summed E-state index contributed by atoms with van der Waals surface area (Å²) in [6, 6.07) is 11.0. The van der Waals surface area contributed by atoms with Crippen LogP contribution in [0.5, 0.6) is 0 Å². The zero-order chi connectivity index (χ0) is 22.8. The summed E-state index contributed by atoms with van der Waals surface area (Å²) < 4.78 is 28.0. The highest BCUT2D eigenvalue weighted by Gasteiger charge is 2.29. The van der Waals surface area contributed by atoms with Crippen molar-refractivity contribution >= 4 is 15.9 Å². The second-order valence-corrected chi connectivity index (χ2v) is 10.4. The Labute approximate surface area is 186 Å². The molecule has 0 radical (unpaired) electrons. The van der Waals surface area contributed by atoms with Gasteiger partial charge >= 0.3 is 0 Å². The number of nitrogens with one attached hydrogen (secondary N) is 1. The summed E-state index contributed by atoms with van der Waals surface area (Å²) in [5.74, 6) is -0.264. The number of rotatable bonds is 6. The zero-order valence-electron chi connectivity index (χ0n) is 19.1. The molecule has 2 aromatic rings. The Kier molecular flexibility index (Phi) is 7.19. The maximum absolute atomic E-state index is 13.2. The van der Waals surface area contributed by atoms with Crippen LogP contribution in [-0.2, 0) is 10.0 Å². The fourth-order valence-electron chi connectivity index (χ4n) is 3.83. The van der Waals surface area contributed by atoms with E-state index in [0.29, 0.717) is 37.3 Å². The minimum atomic E-state index is -3.64. The summed E-state index contributed by atoms with van der Waals surface area (Å²) in [6.45, 7) is 10.2. The Morgan fingerprint density at radius 3 is 2.23 bits per heavy atom. The van der Waals surface area contributed by atoms with Crippen molar-refractivity contribution in [1.29, 1.82) is 0 Å². The Morgan fingerprint density at radius 1 is 0.968 bits per heavy atom. The second kappa shape index (κ2) is 9.51. The number of nitrogens with zero attached hydrogens (tertiary/aromatic N) is 2. The maximum atomic E-state index is 13.2. The van der Waals surface area contributed by atoms with Gasteiger partial charge in [-0.2, -0.15) is 4.31 Å². The van der Waals surface area contributed by atoms with Gasteiger partial charge in [0.2, 0.25) is 10.0 Å². The van der Waals surface area contributed by atoms with Crippen molar-refractivity contribution in [3.05, 3.63) is 64.2 Å². The van der Waals surface area contributed by atoms with Gasteiger partial charge < -0.3 is 10.2 Å². The van der Waals surface area contributed by atoms with E-state index in [1.807, 2.05) is 20.0 Å². The highest BCUT2D eigenvalue weighted by Crippen LogP contribution is 2.24. The first-order chi connectivity index (χ1) is 14.6. The van der Waals surface area contributed by atoms with Crippen LogP contribution in [0, 0.1) is 20.8 Å². The first kappa shape index (κ1) is 23.4. The van der Waals surface area contributed by atoms with Crippen LogP contribution in [0.25, 0.3) is 0 Å². The van der Waals surface area contributed by atoms with Crippen molar-refractivity contribution in [2.75, 3.05) is 33.2 Å². The number of sulfonamides is 1. The molecule has 6 nitrogen and oxygen atoms in total. The van der Waals surface area contributed by atoms with Crippen LogP contribution < -0.4 is 5.32 Å². The van der Waals surface area contributed by atoms with Crippen LogP contribution in [-0.4, -0.2) is 56.8 Å². The van der Waals surface area contributed by atoms with Crippen LogP contribution in [0.3, 0.4) is 0 Å². The SMILES string of the molecule is CCC(NC(=O)c1ccc(C)c(S(=O)(=O)N2CCN(C)CC2)c1)c1ccc(C)c(C)c1. The summed E-state index contributed by atoms with van der Waals surface area (Å²) in [4.78, 5) is 15.3. The third-order valence-corrected chi connectivity index (χ3v) is 8.22. The van der Waals surface area contributed by atoms with Crippen LogP contribution >= 0.6 is 0 Å². The minimum absolute atomic E-state index is 0.134. The van der Waals surface area contributed by atoms with Crippen molar-refractivity contribution in [3.63, 3.8) is 0 Å². The molecule has 1 heterocycles. The molecule has 1 atom stereocenters. The normalized spacial score (nSPS) is 16.8. The molecule has 1 N–H and O–H groups in total. The number of piperazine rings is 1. The molecule has 31 heavy (non-hydrogen) atoms. The van der Waals surface area contributed by atoms with Crippen LogP contribution in [0.15, 0.2) is 41.3 Å². The maximum Gasteiger partial charge on any atom is 0.251 e. The second-order valence-electron chi connectivity index (χ2n) is 8.47. The van der Waals surface area contributed by atoms with Gasteiger partial charge in [-0.1, -0.05) is 31.2 Å². The van der Waals surface area contributed by atoms with E-state index in [4.69, 9.17) is 0 Å². The number of hydrogen-bond donors (Lipinski definition) is 1. The standard InChI is InChI=1S/C24H33N3O3S/c1-6-22(20-9-7-17(2)19(4)15-20)25-24(28)21-10-8-18(3)23(16-21)31(29,30)27-13-11-26(5)12-14-27/h7-10,15-16,22H,6,11-14H2,1-5H3,(H,25,28). The van der Waals surface area contributed by atoms with Crippen molar-refractivity contribution in [2.24, 2.45) is 0 Å². The van der Waals surface area contributed by atoms with Gasteiger partial charge in [0, 0.05) is 31.7 Å². The molecule has 1 fully saturated rings. The van der Waals surface area contributed by atoms with Crippen LogP contribution in [0.2, 0.25) is 0 Å². The first-order valence-corrected chi connectivity index (χ1v) is 12.2. The Morgan fingerprint density at radius 2 is 1.61 bits per heavy atom. The number of aryl methyl sites for hydroxylation is 3. The predicted molar refractivity (Wildman–Crippen MR) is 124 cm³/mol. The van der Waals surface area contributed by atoms with Gasteiger partial charge in [-0.15, -0.1) is 0 Å². The molecule has 1 saturated heterocycles. The number of carbonyl (C=O) groups is 1. The molecule has 1 aliphatic rings. The van der Waals surface area contributed by atoms with Gasteiger partial charge in [-0.05, 0) is 68.6 Å². The van der Waals surface area contributed by atoms with E-state index in [1.165, 1.54) is 21.5 Å². The molecule has 0 aliphatic carbocycles. The van der Waals surface area contributed by atoms with E-state index in [0.717, 1.165) is 12.0 Å². The van der Waals surface area contributed by atoms with E-state index in [9.17, 15) is 13.2 Å². The monoisotopic (exact) mass is 443 g/mol. The molecule has 1 unspecified atom stereocenters. The van der Waals surface area contributed by atoms with Crippen molar-refractivity contribution < 1.29 is 13.2 Å². The summed E-state index contributed by atoms with van der Waals surface area (Å²) >= 11 is 0. The highest BCUT2D eigenvalue weighted by atomic mass is 32.2. The third-order valence-electron chi connectivity index (χ3n) is 6.18. The molecule has 0 aromatic heterocycles. The lowest BCUT2D eigenvalue weighted by Gasteiger charge is -2.32. The highest BCUT2D eigenvalue weighted by molar-refractivity contribution is 7.89. The molecule has 0 spiro atoms. The quantitative estimate of drug-likeness (QED) is 0.743. The van der Waals surface area contributed by atoms with Crippen molar-refractivity contribution in [2.45, 2.75) is 45.1 Å². The van der Waals surface area contributed by atoms with Gasteiger partial charge in [0.05, 0.1) is 10.9 Å². The van der Waals surface area contributed by atoms with Crippen molar-refractivity contribution in [3.8, 4) is 0 Å². The molecule has 1 amide bonds. The lowest BCUT2D eigenvalue weighted by molar-refractivity contribution is 0.0935. The molecule has 0 bridgehead atoms. The average molecular weight is 444 g/mol. The first-order valence-electron chi connectivity index (χ1n) is 10.8. The Hall–Kier alpha value is -2.22. The predicted octanol–water partition coefficient (Wildman–Crippen LogP) is 3.43. The Bertz CT molecular complexity index is 1060. The number of likely N-dealkylation sites (N-methyl/N-ethyl adjacent to an activating group) is 1. The number of hydrogen-bond acceptors (Lipinski definition) is 4. The van der Waals surface area contributed by atoms with Gasteiger partial charge in [0.25, 0.3) is 5.91 Å². The molecule has 2 aromatic carbocycles. The van der Waals surface area contributed by atoms with E-state index in [1.54, 1.807) is 19.1 Å². The van der Waals surface area contributed by atoms with Crippen LogP contribution in [0.1, 0.15) is 52.0 Å². The van der Waals surface area contributed by atoms with Gasteiger partial charge in [0.15, 0.2) is 0 Å². The fourth-order valence-corrected chi connectivity index (χ4v) is 5.50. The number of carbonyl (C=O) groups excluding carboxylic acids is 1. The van der Waals surface area contributed by atoms with E-state index >= 15 is 0 Å². The lowest BCUT2D eigenvalue weighted by Crippen LogP contribution is -2.47. The van der Waals surface area contributed by atoms with Crippen molar-refractivity contribution in [1.82, 2.24) is 14.5 Å². The largest absolute Gasteiger partial charge is 0.345 e. The van der Waals surface area contributed by atoms with E-state index < -0.39 is 10.0 Å². The fraction of sp³-hybridized carbons (Fsp3) is 0.458. The lowest BCUT2D eigenvalue weighted by atomic mass is 9.99. The zero-order valence-corrected chi connectivity index (χ0v) is 19.9. The molecular weight excluding hydrogens is 410 g/mol. The van der Waals surface area contributed by atoms with E-state index in [-0.39, 0.29) is 16.8 Å². The summed E-state index contributed by atoms with van der Waals surface area (Å²) in [5.41, 5.74) is 4.46. The summed E-state index contributed by atoms with van der Waals surface area (Å²) in [6.07, 6.45) is 0.743. The molecule has 168 valence electrons. The van der Waals surface area contributed by atoms with Gasteiger partial charge in [0.1, 0.15) is 0 Å². The molecular formula is C24H33N3O3S. The topological polar surface area (TPSA) is 69.7 Å². The molecule has 7 heteroatoms. The smallest absolute Gasteiger partial charge is 0.251 e. The van der Waals surface area contributed by atoms with E-state index in [2.05, 4.69) is 36.2 Å². The molecule has 0 saturated carbocycles. The van der Waals surface area contributed by atoms with Crippen LogP contribution in [0.4, 0.5) is 0 Å². The third kappa shape index (κ3) is 5.17. The summed E-state index contributed by atoms with van der Waals surface area (Å²) in [7, 11) is -1.66. The van der Waals surface area contributed by atoms with Gasteiger partial charge in [-0.3, -0.25) is 4.79 Å². The average Bonchev–Trinajstić information content (AvgIpc) is 2.74.